The molecule has 3 heterocycles. The fourth-order valence-electron chi connectivity index (χ4n) is 4.00. The van der Waals surface area contributed by atoms with Gasteiger partial charge in [0.15, 0.2) is 0 Å². The lowest BCUT2D eigenvalue weighted by Gasteiger charge is -2.39. The van der Waals surface area contributed by atoms with Crippen LogP contribution >= 0.6 is 0 Å². The van der Waals surface area contributed by atoms with Crippen molar-refractivity contribution in [3.63, 3.8) is 0 Å². The van der Waals surface area contributed by atoms with E-state index in [9.17, 15) is 4.79 Å². The quantitative estimate of drug-likeness (QED) is 0.885. The Bertz CT molecular complexity index is 828. The van der Waals surface area contributed by atoms with E-state index in [4.69, 9.17) is 10.5 Å². The van der Waals surface area contributed by atoms with Gasteiger partial charge in [-0.05, 0) is 18.9 Å². The Morgan fingerprint density at radius 1 is 1.35 bits per heavy atom. The predicted molar refractivity (Wildman–Crippen MR) is 101 cm³/mol. The van der Waals surface area contributed by atoms with Gasteiger partial charge in [-0.15, -0.1) is 0 Å². The third kappa shape index (κ3) is 2.96. The van der Waals surface area contributed by atoms with E-state index in [0.29, 0.717) is 13.2 Å². The molecule has 0 radical (unpaired) electrons. The smallest absolute Gasteiger partial charge is 0.217 e. The minimum absolute atomic E-state index is 0.0294. The Kier molecular flexibility index (Phi) is 4.18. The Labute approximate surface area is 153 Å². The second-order valence-corrected chi connectivity index (χ2v) is 7.21. The molecule has 26 heavy (non-hydrogen) atoms. The molecular weight excluding hydrogens is 328 g/mol. The summed E-state index contributed by atoms with van der Waals surface area (Å²) in [7, 11) is 0. The molecule has 4 rings (SSSR count). The molecule has 1 saturated heterocycles. The predicted octanol–water partition coefficient (Wildman–Crippen LogP) is 2.23. The Balaban J connectivity index is 1.53. The number of benzene rings is 1. The first-order valence-corrected chi connectivity index (χ1v) is 9.03. The topological polar surface area (TPSA) is 80.5 Å². The summed E-state index contributed by atoms with van der Waals surface area (Å²) < 4.78 is 6.11. The first-order chi connectivity index (χ1) is 12.6. The standard InChI is InChI=1S/C20H24N4O2/c1-14(25)23-12-15-3-2-4-17-19(15)26-13-20(17)6-9-24(10-7-20)18-11-16(21)5-8-22-18/h2-5,8,11H,6-7,9-10,12-13H2,1H3,(H2,21,22)(H,23,25). The molecule has 2 aliphatic rings. The minimum atomic E-state index is -0.0294. The van der Waals surface area contributed by atoms with E-state index in [2.05, 4.69) is 27.3 Å². The molecule has 0 atom stereocenters. The van der Waals surface area contributed by atoms with Crippen LogP contribution < -0.4 is 20.7 Å². The number of piperidine rings is 1. The van der Waals surface area contributed by atoms with Crippen LogP contribution in [0.15, 0.2) is 36.5 Å². The number of carbonyl (C=O) groups is 1. The molecule has 2 aromatic rings. The first kappa shape index (κ1) is 16.7. The second kappa shape index (κ2) is 6.52. The zero-order valence-electron chi connectivity index (χ0n) is 15.0. The summed E-state index contributed by atoms with van der Waals surface area (Å²) in [5.74, 6) is 1.87. The van der Waals surface area contributed by atoms with Crippen LogP contribution in [0.25, 0.3) is 0 Å². The lowest BCUT2D eigenvalue weighted by molar-refractivity contribution is -0.119. The Morgan fingerprint density at radius 2 is 2.15 bits per heavy atom. The van der Waals surface area contributed by atoms with Gasteiger partial charge in [0.2, 0.25) is 5.91 Å². The molecule has 6 heteroatoms. The minimum Gasteiger partial charge on any atom is -0.492 e. The summed E-state index contributed by atoms with van der Waals surface area (Å²) in [5.41, 5.74) is 9.02. The number of nitrogens with two attached hydrogens (primary N) is 1. The summed E-state index contributed by atoms with van der Waals surface area (Å²) in [4.78, 5) is 18.0. The number of carbonyl (C=O) groups excluding carboxylic acids is 1. The molecule has 0 saturated carbocycles. The summed E-state index contributed by atoms with van der Waals surface area (Å²) in [6, 6.07) is 10.0. The highest BCUT2D eigenvalue weighted by Crippen LogP contribution is 2.47. The highest BCUT2D eigenvalue weighted by Gasteiger charge is 2.43. The van der Waals surface area contributed by atoms with Gasteiger partial charge in [0, 0.05) is 61.1 Å². The van der Waals surface area contributed by atoms with Crippen LogP contribution in [0.2, 0.25) is 0 Å². The van der Waals surface area contributed by atoms with Crippen molar-refractivity contribution in [1.82, 2.24) is 10.3 Å². The monoisotopic (exact) mass is 352 g/mol. The van der Waals surface area contributed by atoms with Crippen LogP contribution in [-0.2, 0) is 16.8 Å². The second-order valence-electron chi connectivity index (χ2n) is 7.21. The normalized spacial score (nSPS) is 17.7. The zero-order valence-corrected chi connectivity index (χ0v) is 15.0. The maximum atomic E-state index is 11.2. The molecule has 136 valence electrons. The average molecular weight is 352 g/mol. The van der Waals surface area contributed by atoms with Crippen molar-refractivity contribution in [3.8, 4) is 5.75 Å². The maximum absolute atomic E-state index is 11.2. The zero-order chi connectivity index (χ0) is 18.1. The van der Waals surface area contributed by atoms with Gasteiger partial charge >= 0.3 is 0 Å². The van der Waals surface area contributed by atoms with E-state index in [1.165, 1.54) is 12.5 Å². The number of para-hydroxylation sites is 1. The molecule has 0 bridgehead atoms. The number of nitrogens with one attached hydrogen (secondary N) is 1. The third-order valence-electron chi connectivity index (χ3n) is 5.50. The molecule has 6 nitrogen and oxygen atoms in total. The molecule has 2 aliphatic heterocycles. The van der Waals surface area contributed by atoms with Crippen molar-refractivity contribution in [2.24, 2.45) is 0 Å². The number of pyridine rings is 1. The van der Waals surface area contributed by atoms with E-state index < -0.39 is 0 Å². The van der Waals surface area contributed by atoms with E-state index in [1.807, 2.05) is 18.2 Å². The SMILES string of the molecule is CC(=O)NCc1cccc2c1OCC21CCN(c2cc(N)ccn2)CC1. The van der Waals surface area contributed by atoms with Gasteiger partial charge < -0.3 is 20.7 Å². The van der Waals surface area contributed by atoms with Gasteiger partial charge in [-0.3, -0.25) is 4.79 Å². The van der Waals surface area contributed by atoms with Gasteiger partial charge in [-0.25, -0.2) is 4.98 Å². The number of amides is 1. The molecule has 1 aromatic carbocycles. The van der Waals surface area contributed by atoms with Crippen molar-refractivity contribution in [3.05, 3.63) is 47.7 Å². The van der Waals surface area contributed by atoms with Gasteiger partial charge in [0.05, 0.1) is 6.61 Å². The van der Waals surface area contributed by atoms with Gasteiger partial charge in [-0.1, -0.05) is 18.2 Å². The number of rotatable bonds is 3. The van der Waals surface area contributed by atoms with Crippen LogP contribution in [0.1, 0.15) is 30.9 Å². The number of aromatic nitrogens is 1. The van der Waals surface area contributed by atoms with Crippen LogP contribution in [0.3, 0.4) is 0 Å². The van der Waals surface area contributed by atoms with Gasteiger partial charge in [-0.2, -0.15) is 0 Å². The fourth-order valence-corrected chi connectivity index (χ4v) is 4.00. The Hall–Kier alpha value is -2.76. The van der Waals surface area contributed by atoms with Gasteiger partial charge in [0.25, 0.3) is 0 Å². The van der Waals surface area contributed by atoms with E-state index in [0.717, 1.165) is 48.7 Å². The number of nitrogens with zero attached hydrogens (tertiary/aromatic N) is 2. The van der Waals surface area contributed by atoms with E-state index in [-0.39, 0.29) is 11.3 Å². The molecule has 1 spiro atoms. The van der Waals surface area contributed by atoms with Crippen molar-refractivity contribution in [2.75, 3.05) is 30.3 Å². The lowest BCUT2D eigenvalue weighted by atomic mass is 9.74. The largest absolute Gasteiger partial charge is 0.492 e. The van der Waals surface area contributed by atoms with Crippen molar-refractivity contribution < 1.29 is 9.53 Å². The van der Waals surface area contributed by atoms with Crippen LogP contribution in [0, 0.1) is 0 Å². The molecule has 1 fully saturated rings. The third-order valence-corrected chi connectivity index (χ3v) is 5.50. The number of hydrogen-bond donors (Lipinski definition) is 2. The molecule has 0 unspecified atom stereocenters. The van der Waals surface area contributed by atoms with Crippen LogP contribution in [-0.4, -0.2) is 30.6 Å². The van der Waals surface area contributed by atoms with Crippen LogP contribution in [0.4, 0.5) is 11.5 Å². The average Bonchev–Trinajstić information content (AvgIpc) is 3.00. The summed E-state index contributed by atoms with van der Waals surface area (Å²) in [6.45, 7) is 4.60. The van der Waals surface area contributed by atoms with Crippen molar-refractivity contribution >= 4 is 17.4 Å². The number of ether oxygens (including phenoxy) is 1. The molecule has 3 N–H and O–H groups in total. The fraction of sp³-hybridized carbons (Fsp3) is 0.400. The molecular formula is C20H24N4O2. The Morgan fingerprint density at radius 3 is 2.88 bits per heavy atom. The molecule has 1 amide bonds. The van der Waals surface area contributed by atoms with Crippen molar-refractivity contribution in [2.45, 2.75) is 31.7 Å². The molecule has 0 aliphatic carbocycles. The number of fused-ring (bicyclic) bond motifs is 2. The maximum Gasteiger partial charge on any atom is 0.217 e. The van der Waals surface area contributed by atoms with E-state index >= 15 is 0 Å². The first-order valence-electron chi connectivity index (χ1n) is 9.03. The van der Waals surface area contributed by atoms with Crippen LogP contribution in [0.5, 0.6) is 5.75 Å². The van der Waals surface area contributed by atoms with E-state index in [1.54, 1.807) is 6.20 Å². The highest BCUT2D eigenvalue weighted by atomic mass is 16.5. The summed E-state index contributed by atoms with van der Waals surface area (Å²) in [5, 5.41) is 2.87. The number of anilines is 2. The summed E-state index contributed by atoms with van der Waals surface area (Å²) in [6.07, 6.45) is 3.79. The lowest BCUT2D eigenvalue weighted by Crippen LogP contribution is -2.44. The highest BCUT2D eigenvalue weighted by molar-refractivity contribution is 5.73. The van der Waals surface area contributed by atoms with Crippen molar-refractivity contribution in [1.29, 1.82) is 0 Å². The number of hydrogen-bond acceptors (Lipinski definition) is 5. The molecule has 1 aromatic heterocycles. The van der Waals surface area contributed by atoms with Gasteiger partial charge in [0.1, 0.15) is 11.6 Å². The number of nitrogen functional groups attached to an aromatic ring is 1. The summed E-state index contributed by atoms with van der Waals surface area (Å²) >= 11 is 0.